The zero-order valence-corrected chi connectivity index (χ0v) is 47.1. The highest BCUT2D eigenvalue weighted by molar-refractivity contribution is 8.76. The number of phenolic OH excluding ortho intramolecular Hbond substituents is 1. The number of aliphatic hydroxyl groups excluding tert-OH is 5. The van der Waals surface area contributed by atoms with E-state index in [-0.39, 0.29) is 59.7 Å². The maximum Gasteiger partial charge on any atom is 0.161 e. The molecule has 0 radical (unpaired) electrons. The number of aliphatic hydroxyl groups is 5. The van der Waals surface area contributed by atoms with Crippen LogP contribution >= 0.6 is 21.6 Å². The molecule has 2 spiro atoms. The van der Waals surface area contributed by atoms with Crippen molar-refractivity contribution in [3.05, 3.63) is 154 Å². The average Bonchev–Trinajstić information content (AvgIpc) is 4.29. The predicted octanol–water partition coefficient (Wildman–Crippen LogP) is 10.5. The molecule has 3 aromatic carbocycles. The maximum absolute atomic E-state index is 12.8. The van der Waals surface area contributed by atoms with Crippen LogP contribution in [0.2, 0.25) is 0 Å². The Bertz CT molecular complexity index is 2840. The van der Waals surface area contributed by atoms with Gasteiger partial charge in [-0.2, -0.15) is 0 Å². The number of ether oxygens (including phenoxy) is 1. The van der Waals surface area contributed by atoms with Crippen LogP contribution in [0.3, 0.4) is 0 Å². The van der Waals surface area contributed by atoms with Gasteiger partial charge in [0.15, 0.2) is 11.5 Å². The fourth-order valence-corrected chi connectivity index (χ4v) is 18.8. The molecule has 4 aromatic rings. The van der Waals surface area contributed by atoms with E-state index in [1.807, 2.05) is 24.4 Å². The highest BCUT2D eigenvalue weighted by Crippen LogP contribution is 2.67. The number of allylic oxidation sites excluding steroid dienone is 3. The topological polar surface area (TPSA) is 184 Å². The fourth-order valence-electron chi connectivity index (χ4n) is 16.3. The largest absolute Gasteiger partial charge is 0.504 e. The molecule has 416 valence electrons. The van der Waals surface area contributed by atoms with Crippen LogP contribution in [0.5, 0.6) is 11.5 Å². The van der Waals surface area contributed by atoms with Crippen molar-refractivity contribution in [2.75, 3.05) is 31.3 Å². The van der Waals surface area contributed by atoms with Crippen molar-refractivity contribution in [1.29, 1.82) is 0 Å². The minimum absolute atomic E-state index is 0.00414. The molecule has 11 rings (SSSR count). The quantitative estimate of drug-likeness (QED) is 0.0418. The number of rotatable bonds is 10. The minimum Gasteiger partial charge on any atom is -0.504 e. The molecule has 7 aliphatic rings. The molecule has 2 aliphatic heterocycles. The molecule has 12 heteroatoms. The van der Waals surface area contributed by atoms with E-state index in [1.54, 1.807) is 21.6 Å². The molecule has 0 amide bonds. The number of hydrogen-bond donors (Lipinski definition) is 9. The van der Waals surface area contributed by atoms with Gasteiger partial charge in [0.2, 0.25) is 0 Å². The van der Waals surface area contributed by atoms with Crippen LogP contribution in [0.15, 0.2) is 126 Å². The molecule has 5 aliphatic carbocycles. The Hall–Kier alpha value is -4.58. The average molecular weight is 1090 g/mol. The van der Waals surface area contributed by atoms with Crippen LogP contribution in [0.4, 0.5) is 0 Å². The number of benzene rings is 3. The molecule has 78 heavy (non-hydrogen) atoms. The normalized spacial score (nSPS) is 34.0. The van der Waals surface area contributed by atoms with Crippen molar-refractivity contribution in [3.63, 3.8) is 0 Å². The summed E-state index contributed by atoms with van der Waals surface area (Å²) in [7, 11) is 3.27. The van der Waals surface area contributed by atoms with E-state index in [2.05, 4.69) is 108 Å². The number of fused-ring (bicyclic) bond motifs is 5. The molecule has 2 saturated carbocycles. The summed E-state index contributed by atoms with van der Waals surface area (Å²) in [6.45, 7) is 2.66. The molecule has 3 fully saturated rings. The Kier molecular flexibility index (Phi) is 17.2. The summed E-state index contributed by atoms with van der Waals surface area (Å²) >= 11 is 0. The van der Waals surface area contributed by atoms with Gasteiger partial charge in [-0.1, -0.05) is 144 Å². The van der Waals surface area contributed by atoms with Crippen LogP contribution in [0.25, 0.3) is 0 Å². The summed E-state index contributed by atoms with van der Waals surface area (Å²) in [5.74, 6) is 9.02. The zero-order chi connectivity index (χ0) is 54.0. The number of H-pyrrole nitrogens is 1. The SMILES string of the molecule is CCC1Cc2cc(O)c(OC3CC(Cc4ccc[nH]4)C4=CCNC(N)=C4CSSCC(CO)C3O)cc2C2CC(O)C3C(C#CC4(CCCCC3O)CC(c3ccccc3)C(Cc3ccccc3)C3(CCCC3)C4CO)C=C12. The van der Waals surface area contributed by atoms with E-state index in [9.17, 15) is 30.6 Å². The highest BCUT2D eigenvalue weighted by atomic mass is 33.1. The van der Waals surface area contributed by atoms with Crippen molar-refractivity contribution in [2.45, 2.75) is 139 Å². The van der Waals surface area contributed by atoms with E-state index in [0.717, 1.165) is 92.2 Å². The standard InChI is InChI=1S/C66H83N3O7S2/c1-2-42-29-45-32-57(73)59(76-60-33-46(30-48-18-13-26-68-48)49-21-27-69-64(67)54(49)40-78-77-39-47(37-70)63(60)75)35-51(45)52-34-58(74)62-44(31-50(42)52)20-25-65(22-10-9-19-56(62)72)36-53(43-16-7-4-8-17-43)55(28-41-14-5-3-6-15-41)66(61(65)38-71)23-11-12-24-66/h3-8,13-18,21,26,31-32,35,42,44,46-47,52-53,55-56,58,60-63,68-75H,2,9-12,19,22-24,27-30,33-34,36-40,67H2,1H3. The van der Waals surface area contributed by atoms with Gasteiger partial charge in [0.1, 0.15) is 11.9 Å². The molecule has 14 unspecified atom stereocenters. The lowest BCUT2D eigenvalue weighted by atomic mass is 9.44. The summed E-state index contributed by atoms with van der Waals surface area (Å²) < 4.78 is 7.00. The summed E-state index contributed by atoms with van der Waals surface area (Å²) in [6, 6.07) is 29.9. The highest BCUT2D eigenvalue weighted by Gasteiger charge is 2.61. The Morgan fingerprint density at radius 2 is 1.63 bits per heavy atom. The predicted molar refractivity (Wildman–Crippen MR) is 313 cm³/mol. The van der Waals surface area contributed by atoms with Crippen LogP contribution in [-0.4, -0.2) is 91.3 Å². The molecule has 10 N–H and O–H groups in total. The fraction of sp³-hybridized carbons (Fsp3) is 0.545. The van der Waals surface area contributed by atoms with Crippen LogP contribution < -0.4 is 15.8 Å². The lowest BCUT2D eigenvalue weighted by Gasteiger charge is -2.59. The van der Waals surface area contributed by atoms with Crippen molar-refractivity contribution < 1.29 is 35.4 Å². The summed E-state index contributed by atoms with van der Waals surface area (Å²) in [6.07, 6.45) is 15.3. The number of dihydropyridines is 1. The number of nitrogens with two attached hydrogens (primary N) is 1. The third-order valence-electron chi connectivity index (χ3n) is 20.2. The van der Waals surface area contributed by atoms with Crippen LogP contribution in [0, 0.1) is 64.1 Å². The van der Waals surface area contributed by atoms with Gasteiger partial charge in [0.05, 0.1) is 18.3 Å². The summed E-state index contributed by atoms with van der Waals surface area (Å²) in [5.41, 5.74) is 15.2. The first-order valence-electron chi connectivity index (χ1n) is 29.4. The number of phenols is 1. The molecule has 1 saturated heterocycles. The minimum atomic E-state index is -1.06. The van der Waals surface area contributed by atoms with Crippen LogP contribution in [0.1, 0.15) is 124 Å². The Balaban J connectivity index is 0.977. The molecule has 0 bridgehead atoms. The Labute approximate surface area is 470 Å². The maximum atomic E-state index is 12.8. The lowest BCUT2D eigenvalue weighted by molar-refractivity contribution is -0.0888. The smallest absolute Gasteiger partial charge is 0.161 e. The van der Waals surface area contributed by atoms with Gasteiger partial charge in [0, 0.05) is 83.7 Å². The van der Waals surface area contributed by atoms with Gasteiger partial charge in [-0.3, -0.25) is 0 Å². The van der Waals surface area contributed by atoms with Gasteiger partial charge >= 0.3 is 0 Å². The molecule has 1 aromatic heterocycles. The molecule has 10 nitrogen and oxygen atoms in total. The van der Waals surface area contributed by atoms with E-state index >= 15 is 0 Å². The molecule has 14 atom stereocenters. The van der Waals surface area contributed by atoms with Gasteiger partial charge < -0.3 is 51.4 Å². The van der Waals surface area contributed by atoms with Crippen LogP contribution in [-0.2, 0) is 19.3 Å². The number of aromatic hydroxyl groups is 1. The first-order valence-corrected chi connectivity index (χ1v) is 31.9. The first-order chi connectivity index (χ1) is 38.0. The second-order valence-corrected chi connectivity index (χ2v) is 26.8. The third-order valence-corrected chi connectivity index (χ3v) is 22.6. The third kappa shape index (κ3) is 11.0. The van der Waals surface area contributed by atoms with Gasteiger partial charge in [-0.15, -0.1) is 0 Å². The number of aromatic nitrogens is 1. The van der Waals surface area contributed by atoms with Crippen molar-refractivity contribution >= 4 is 21.6 Å². The number of hydrogen-bond acceptors (Lipinski definition) is 11. The van der Waals surface area contributed by atoms with E-state index in [0.29, 0.717) is 61.9 Å². The second kappa shape index (κ2) is 24.3. The van der Waals surface area contributed by atoms with Gasteiger partial charge in [-0.05, 0) is 152 Å². The Morgan fingerprint density at radius 1 is 0.846 bits per heavy atom. The van der Waals surface area contributed by atoms with E-state index < -0.39 is 47.6 Å². The van der Waals surface area contributed by atoms with E-state index in [1.165, 1.54) is 16.7 Å². The van der Waals surface area contributed by atoms with Crippen molar-refractivity contribution in [1.82, 2.24) is 10.3 Å². The van der Waals surface area contributed by atoms with Gasteiger partial charge in [-0.25, -0.2) is 0 Å². The van der Waals surface area contributed by atoms with Gasteiger partial charge in [0.25, 0.3) is 0 Å². The van der Waals surface area contributed by atoms with Crippen molar-refractivity contribution in [2.24, 2.45) is 58.0 Å². The second-order valence-electron chi connectivity index (χ2n) is 24.3. The number of aromatic amines is 1. The van der Waals surface area contributed by atoms with Crippen molar-refractivity contribution in [3.8, 4) is 23.3 Å². The molecular formula is C66H83N3O7S2. The Morgan fingerprint density at radius 3 is 2.37 bits per heavy atom. The summed E-state index contributed by atoms with van der Waals surface area (Å²) in [4.78, 5) is 3.39. The monoisotopic (exact) mass is 1090 g/mol. The lowest BCUT2D eigenvalue weighted by Crippen LogP contribution is -2.55. The first kappa shape index (κ1) is 55.3. The number of nitrogens with one attached hydrogen (secondary N) is 2. The molecular weight excluding hydrogens is 1010 g/mol. The van der Waals surface area contributed by atoms with E-state index in [4.69, 9.17) is 10.5 Å². The summed E-state index contributed by atoms with van der Waals surface area (Å²) in [5, 5.41) is 75.6. The molecule has 3 heterocycles. The zero-order valence-electron chi connectivity index (χ0n) is 45.4.